The van der Waals surface area contributed by atoms with E-state index in [1.807, 2.05) is 0 Å². The Morgan fingerprint density at radius 3 is 1.34 bits per heavy atom. The molecule has 134 heavy (non-hydrogen) atoms. The molecule has 4 aromatic heterocycles. The van der Waals surface area contributed by atoms with Crippen molar-refractivity contribution in [1.82, 2.24) is 83.6 Å². The number of ether oxygens (including phenoxy) is 3. The molecule has 702 valence electrons. The highest BCUT2D eigenvalue weighted by atomic mass is 19.2. The number of aliphatic imine (C=N–C) groups is 4. The van der Waals surface area contributed by atoms with Crippen LogP contribution in [0.4, 0.5) is 107 Å². The minimum absolute atomic E-state index is 0.00598. The van der Waals surface area contributed by atoms with E-state index in [9.17, 15) is 115 Å². The van der Waals surface area contributed by atoms with Gasteiger partial charge in [0.05, 0.1) is 87.3 Å². The smallest absolute Gasteiger partial charge is 0.354 e. The lowest BCUT2D eigenvalue weighted by atomic mass is 10.1. The molecule has 52 heteroatoms. The highest BCUT2D eigenvalue weighted by Crippen LogP contribution is 2.37. The standard InChI is InChI=1S/C21H19F4N5O4.C21H17F4N5O3.C20H17F4N5O2.C13H13FN4O4.C7H7N5O2/c1-9-4-12(22)11(18(32)34-3)7-15(9)27-19-28-20(30(2)21(33)29-19)26-8-16(31)10-5-13(23)17(25)14(24)6-10;1-9-4-12(22)11(18(31)33-3)7-15(9)27-19-28-21(32)29(2)20-26-8-16(30(19)20)10-5-13(23)17(25)14(24)6-10;1-9-3-12(21)11(8-30)6-15(9)26-18-27-20(31)28(2)19-25-7-16(29(18)19)10-4-13(22)17(24)14(23)5-10;1-6-4-8(14)7(10(19)22-3)5-9(6)15-11-16-12(20)18(2)13(21)17-11;1-11-6(13)9-5(10-7(11)14)12-4-2-3-8-12/h4-7,16,31H,8H2,1-3H3,(H2,26,27,28,29,33);4-7,16H,8H2,1-3H3,(H,27,28,32);3-6,16,30H,7-8H2,1-2H3,(H,26,27,31);4-5H,1-3H3,(H2,15,16,17,20,21);2-4H,1H3,(H,9,10,13,14). The first-order valence-corrected chi connectivity index (χ1v) is 38.5. The quantitative estimate of drug-likeness (QED) is 0.0179. The zero-order valence-corrected chi connectivity index (χ0v) is 71.6. The van der Waals surface area contributed by atoms with E-state index in [1.54, 1.807) is 40.0 Å². The normalized spacial score (nSPS) is 14.9. The Morgan fingerprint density at radius 1 is 0.493 bits per heavy atom. The third kappa shape index (κ3) is 21.4. The van der Waals surface area contributed by atoms with Crippen LogP contribution in [-0.4, -0.2) is 192 Å². The van der Waals surface area contributed by atoms with Crippen LogP contribution in [0.2, 0.25) is 0 Å². The molecule has 15 rings (SSSR count). The molecule has 11 aromatic rings. The first-order chi connectivity index (χ1) is 63.3. The van der Waals surface area contributed by atoms with Crippen LogP contribution in [0.3, 0.4) is 0 Å². The van der Waals surface area contributed by atoms with Gasteiger partial charge in [0, 0.05) is 71.1 Å². The molecule has 4 aliphatic rings. The average Bonchev–Trinajstić information content (AvgIpc) is 1.60. The largest absolute Gasteiger partial charge is 0.465 e. The number of carbonyl (C=O) groups excluding carboxylic acids is 5. The van der Waals surface area contributed by atoms with Crippen LogP contribution in [-0.2, 0) is 42.0 Å². The number of guanidine groups is 4. The van der Waals surface area contributed by atoms with E-state index in [2.05, 4.69) is 95.8 Å². The lowest BCUT2D eigenvalue weighted by Crippen LogP contribution is -2.61. The van der Waals surface area contributed by atoms with Gasteiger partial charge in [-0.05, 0) is 158 Å². The van der Waals surface area contributed by atoms with E-state index in [1.165, 1.54) is 90.0 Å². The number of esters is 3. The van der Waals surface area contributed by atoms with Crippen LogP contribution in [0.5, 0.6) is 0 Å². The number of aryl methyl sites for hydroxylation is 4. The van der Waals surface area contributed by atoms with Gasteiger partial charge >= 0.3 is 58.4 Å². The number of aliphatic hydroxyl groups excluding tert-OH is 2. The van der Waals surface area contributed by atoms with Gasteiger partial charge in [-0.25, -0.2) is 139 Å². The van der Waals surface area contributed by atoms with Crippen molar-refractivity contribution in [2.24, 2.45) is 41.1 Å². The van der Waals surface area contributed by atoms with Crippen molar-refractivity contribution in [1.29, 1.82) is 0 Å². The Morgan fingerprint density at radius 2 is 0.903 bits per heavy atom. The number of halogens is 13. The zero-order valence-electron chi connectivity index (χ0n) is 71.6. The van der Waals surface area contributed by atoms with Crippen LogP contribution in [0.25, 0.3) is 5.95 Å². The second kappa shape index (κ2) is 41.0. The fourth-order valence-corrected chi connectivity index (χ4v) is 12.7. The van der Waals surface area contributed by atoms with Gasteiger partial charge in [-0.3, -0.25) is 44.8 Å². The predicted molar refractivity (Wildman–Crippen MR) is 449 cm³/mol. The van der Waals surface area contributed by atoms with Gasteiger partial charge in [0.2, 0.25) is 47.6 Å². The first kappa shape index (κ1) is 98.0. The monoisotopic (exact) mass is 1880 g/mol. The van der Waals surface area contributed by atoms with Gasteiger partial charge in [-0.1, -0.05) is 0 Å². The van der Waals surface area contributed by atoms with Crippen molar-refractivity contribution in [2.75, 3.05) is 71.0 Å². The van der Waals surface area contributed by atoms with E-state index in [0.29, 0.717) is 40.1 Å². The number of anilines is 5. The van der Waals surface area contributed by atoms with Crippen molar-refractivity contribution in [3.63, 3.8) is 0 Å². The predicted octanol–water partition coefficient (Wildman–Crippen LogP) is 8.31. The number of urea groups is 2. The van der Waals surface area contributed by atoms with E-state index >= 15 is 0 Å². The number of nitrogens with one attached hydrogen (secondary N) is 7. The van der Waals surface area contributed by atoms with Crippen LogP contribution in [0, 0.1) is 103 Å². The Bertz CT molecular complexity index is 6860. The van der Waals surface area contributed by atoms with Gasteiger partial charge in [0.1, 0.15) is 23.3 Å². The number of aliphatic hydroxyl groups is 2. The van der Waals surface area contributed by atoms with Gasteiger partial charge < -0.3 is 40.4 Å². The molecule has 3 unspecified atom stereocenters. The summed E-state index contributed by atoms with van der Waals surface area (Å²) < 4.78 is 196. The molecule has 0 aliphatic carbocycles. The number of hydrogen-bond acceptors (Lipinski definition) is 27. The molecule has 0 spiro atoms. The molecule has 8 heterocycles. The fraction of sp³-hybridized carbons (Fsp3) is 0.232. The fourth-order valence-electron chi connectivity index (χ4n) is 12.7. The zero-order chi connectivity index (χ0) is 98.2. The minimum Gasteiger partial charge on any atom is -0.465 e. The third-order valence-corrected chi connectivity index (χ3v) is 20.0. The summed E-state index contributed by atoms with van der Waals surface area (Å²) in [5.74, 6) is -18.9. The van der Waals surface area contributed by atoms with Gasteiger partial charge in [0.25, 0.3) is 0 Å². The van der Waals surface area contributed by atoms with Crippen LogP contribution < -0.4 is 55.0 Å². The molecule has 4 aliphatic heterocycles. The molecule has 0 radical (unpaired) electrons. The maximum atomic E-state index is 14.2. The summed E-state index contributed by atoms with van der Waals surface area (Å²) in [6.45, 7) is 5.40. The molecule has 7 aromatic carbocycles. The molecule has 0 bridgehead atoms. The second-order valence-corrected chi connectivity index (χ2v) is 28.8. The van der Waals surface area contributed by atoms with Crippen LogP contribution >= 0.6 is 0 Å². The van der Waals surface area contributed by atoms with Crippen LogP contribution in [0.1, 0.15) is 93.8 Å². The van der Waals surface area contributed by atoms with Gasteiger partial charge in [-0.2, -0.15) is 25.0 Å². The Hall–Kier alpha value is -16.6. The number of benzene rings is 7. The Labute approximate surface area is 744 Å². The molecule has 9 N–H and O–H groups in total. The Balaban J connectivity index is 0.000000165. The third-order valence-electron chi connectivity index (χ3n) is 20.0. The topological polar surface area (TPSA) is 477 Å². The minimum atomic E-state index is -1.66. The number of hydrogen-bond donors (Lipinski definition) is 9. The molecular weight excluding hydrogens is 1810 g/mol. The van der Waals surface area contributed by atoms with Crippen molar-refractivity contribution in [3.05, 3.63) is 293 Å². The lowest BCUT2D eigenvalue weighted by Gasteiger charge is -2.36. The van der Waals surface area contributed by atoms with Gasteiger partial charge in [-0.15, -0.1) is 0 Å². The molecule has 2 fully saturated rings. The Kier molecular flexibility index (Phi) is 30.0. The summed E-state index contributed by atoms with van der Waals surface area (Å²) in [5.41, 5.74) is -1.82. The number of amides is 4. The number of rotatable bonds is 17. The lowest BCUT2D eigenvalue weighted by molar-refractivity contribution is 0.0586. The van der Waals surface area contributed by atoms with E-state index < -0.39 is 159 Å². The van der Waals surface area contributed by atoms with Crippen molar-refractivity contribution in [2.45, 2.75) is 52.5 Å². The van der Waals surface area contributed by atoms with Crippen molar-refractivity contribution in [3.8, 4) is 5.95 Å². The number of H-pyrrole nitrogens is 2. The number of nitrogens with zero attached hydrogens (tertiary/aromatic N) is 17. The molecule has 39 nitrogen and oxygen atoms in total. The number of aromatic amines is 2. The second-order valence-electron chi connectivity index (χ2n) is 28.8. The number of carbonyl (C=O) groups is 5. The van der Waals surface area contributed by atoms with Crippen molar-refractivity contribution >= 4 is 94.4 Å². The highest BCUT2D eigenvalue weighted by molar-refractivity contribution is 6.17. The molecule has 2 saturated heterocycles. The summed E-state index contributed by atoms with van der Waals surface area (Å²) >= 11 is 0. The van der Waals surface area contributed by atoms with Gasteiger partial charge in [0.15, 0.2) is 52.4 Å². The maximum absolute atomic E-state index is 14.2. The molecule has 3 atom stereocenters. The SMILES string of the molecule is COC(=O)c1cc(N=C2NC(=O)N(C)C3=NCC(c4cc(F)c(F)c(F)c4)N23)c(C)cc1F.COC(=O)c1cc(Nc2nc(=O)n(C)c(=O)[nH]2)c(C)cc1F.COC(=O)c1cc(Nc2nc(NCC(O)c3cc(F)c(F)c(F)c3)n(C)c(=O)n2)c(C)cc1F.Cc1cc(F)c(CO)cc1N=C1NC(=O)N(C)C2=NCC(c3cc(F)c(F)c(F)c3)N12.Cn1c(=O)nc(-n2cccn2)[nH]c1=O. The summed E-state index contributed by atoms with van der Waals surface area (Å²) in [6.07, 6.45) is 1.63. The first-order valence-electron chi connectivity index (χ1n) is 38.5. The molecular formula is C82H73F13N24O15. The summed E-state index contributed by atoms with van der Waals surface area (Å²) in [6, 6.07) is 13.0. The number of fused-ring (bicyclic) bond motifs is 2. The van der Waals surface area contributed by atoms with E-state index in [4.69, 9.17) is 0 Å². The van der Waals surface area contributed by atoms with Crippen molar-refractivity contribution < 1.29 is 105 Å². The summed E-state index contributed by atoms with van der Waals surface area (Å²) in [5, 5.41) is 36.5. The van der Waals surface area contributed by atoms with E-state index in [-0.39, 0.29) is 123 Å². The number of methoxy groups -OCH3 is 3. The highest BCUT2D eigenvalue weighted by Gasteiger charge is 2.44. The van der Waals surface area contributed by atoms with E-state index in [0.717, 1.165) is 83.6 Å². The molecule has 0 saturated carbocycles. The molecule has 4 amide bonds. The number of aromatic nitrogens is 11. The maximum Gasteiger partial charge on any atom is 0.354 e. The average molecular weight is 1880 g/mol. The van der Waals surface area contributed by atoms with Crippen LogP contribution in [0.15, 0.2) is 147 Å². The summed E-state index contributed by atoms with van der Waals surface area (Å²) in [4.78, 5) is 160. The summed E-state index contributed by atoms with van der Waals surface area (Å²) in [7, 11) is 10.2.